The molecule has 4 N–H and O–H groups in total. The van der Waals surface area contributed by atoms with Crippen LogP contribution in [0.5, 0.6) is 11.5 Å². The number of nitrogens with two attached hydrogens (primary N) is 1. The van der Waals surface area contributed by atoms with E-state index in [1.54, 1.807) is 24.8 Å². The van der Waals surface area contributed by atoms with E-state index in [2.05, 4.69) is 15.4 Å². The molecule has 0 bridgehead atoms. The third kappa shape index (κ3) is 3.65. The Bertz CT molecular complexity index is 906. The molecule has 1 aromatic carbocycles. The molecule has 1 aliphatic rings. The van der Waals surface area contributed by atoms with E-state index in [0.29, 0.717) is 54.0 Å². The molecular weight excluding hydrogens is 362 g/mol. The standard InChI is InChI=1S/C19H25N5O4/c1-4-28-13-8-7-12(10-14(13)27-3)17-16(18(20)26)11(2)21-19-22-15(6-5-9-25)23-24(17)19/h7-8,10,17,25H,4-6,9H2,1-3H3,(H2,20,26)(H,21,22,23). The van der Waals surface area contributed by atoms with E-state index in [9.17, 15) is 4.79 Å². The lowest BCUT2D eigenvalue weighted by atomic mass is 9.95. The van der Waals surface area contributed by atoms with Crippen LogP contribution >= 0.6 is 0 Å². The van der Waals surface area contributed by atoms with Gasteiger partial charge in [0.1, 0.15) is 6.04 Å². The summed E-state index contributed by atoms with van der Waals surface area (Å²) in [6.07, 6.45) is 1.09. The molecule has 1 amide bonds. The van der Waals surface area contributed by atoms with Crippen molar-refractivity contribution < 1.29 is 19.4 Å². The number of benzene rings is 1. The molecule has 0 saturated carbocycles. The van der Waals surface area contributed by atoms with Crippen molar-refractivity contribution in [2.24, 2.45) is 5.73 Å². The fourth-order valence-corrected chi connectivity index (χ4v) is 3.29. The lowest BCUT2D eigenvalue weighted by Gasteiger charge is -2.28. The Hall–Kier alpha value is -3.07. The number of fused-ring (bicyclic) bond motifs is 1. The van der Waals surface area contributed by atoms with Crippen molar-refractivity contribution in [2.45, 2.75) is 32.7 Å². The predicted octanol–water partition coefficient (Wildman–Crippen LogP) is 1.38. The first-order valence-electron chi connectivity index (χ1n) is 9.14. The number of nitrogens with one attached hydrogen (secondary N) is 1. The van der Waals surface area contributed by atoms with Gasteiger partial charge in [-0.15, -0.1) is 0 Å². The minimum absolute atomic E-state index is 0.0562. The van der Waals surface area contributed by atoms with Crippen molar-refractivity contribution in [2.75, 3.05) is 25.6 Å². The molecular formula is C19H25N5O4. The Kier molecular flexibility index (Phi) is 5.84. The summed E-state index contributed by atoms with van der Waals surface area (Å²) in [5.74, 6) is 1.74. The third-order valence-corrected chi connectivity index (χ3v) is 4.52. The normalized spacial score (nSPS) is 15.8. The van der Waals surface area contributed by atoms with Crippen molar-refractivity contribution in [3.05, 3.63) is 40.9 Å². The highest BCUT2D eigenvalue weighted by atomic mass is 16.5. The van der Waals surface area contributed by atoms with Crippen LogP contribution < -0.4 is 20.5 Å². The second-order valence-corrected chi connectivity index (χ2v) is 6.40. The predicted molar refractivity (Wildman–Crippen MR) is 103 cm³/mol. The first-order valence-corrected chi connectivity index (χ1v) is 9.14. The fraction of sp³-hybridized carbons (Fsp3) is 0.421. The lowest BCUT2D eigenvalue weighted by Crippen LogP contribution is -2.31. The molecule has 9 nitrogen and oxygen atoms in total. The van der Waals surface area contributed by atoms with Gasteiger partial charge in [0.25, 0.3) is 0 Å². The number of aryl methyl sites for hydroxylation is 1. The smallest absolute Gasteiger partial charge is 0.248 e. The maximum Gasteiger partial charge on any atom is 0.248 e. The van der Waals surface area contributed by atoms with E-state index in [-0.39, 0.29) is 6.61 Å². The monoisotopic (exact) mass is 387 g/mol. The molecule has 1 atom stereocenters. The number of anilines is 1. The molecule has 0 saturated heterocycles. The fourth-order valence-electron chi connectivity index (χ4n) is 3.29. The summed E-state index contributed by atoms with van der Waals surface area (Å²) >= 11 is 0. The molecule has 150 valence electrons. The highest BCUT2D eigenvalue weighted by Crippen LogP contribution is 2.38. The van der Waals surface area contributed by atoms with E-state index in [1.807, 2.05) is 19.1 Å². The molecule has 2 heterocycles. The number of ether oxygens (including phenoxy) is 2. The number of aromatic nitrogens is 3. The molecule has 28 heavy (non-hydrogen) atoms. The molecule has 0 radical (unpaired) electrons. The number of hydrogen-bond acceptors (Lipinski definition) is 7. The van der Waals surface area contributed by atoms with E-state index < -0.39 is 11.9 Å². The molecule has 9 heteroatoms. The van der Waals surface area contributed by atoms with Crippen LogP contribution in [-0.2, 0) is 11.2 Å². The quantitative estimate of drug-likeness (QED) is 0.625. The van der Waals surface area contributed by atoms with Crippen LogP contribution in [0, 0.1) is 0 Å². The zero-order chi connectivity index (χ0) is 20.3. The van der Waals surface area contributed by atoms with Gasteiger partial charge in [0, 0.05) is 18.7 Å². The SMILES string of the molecule is CCOc1ccc(C2C(C(N)=O)=C(C)Nc3nc(CCCO)nn32)cc1OC. The number of aliphatic hydroxyl groups excluding tert-OH is 1. The zero-order valence-electron chi connectivity index (χ0n) is 16.2. The van der Waals surface area contributed by atoms with Crippen LogP contribution in [0.15, 0.2) is 29.5 Å². The number of nitrogens with zero attached hydrogens (tertiary/aromatic N) is 3. The summed E-state index contributed by atoms with van der Waals surface area (Å²) in [6, 6.07) is 4.93. The second kappa shape index (κ2) is 8.30. The van der Waals surface area contributed by atoms with E-state index in [1.165, 1.54) is 0 Å². The van der Waals surface area contributed by atoms with Crippen molar-refractivity contribution in [1.29, 1.82) is 0 Å². The number of methoxy groups -OCH3 is 1. The van der Waals surface area contributed by atoms with Gasteiger partial charge in [0.15, 0.2) is 17.3 Å². The number of aliphatic hydroxyl groups is 1. The van der Waals surface area contributed by atoms with Gasteiger partial charge in [-0.1, -0.05) is 6.07 Å². The molecule has 2 aromatic rings. The Balaban J connectivity index is 2.11. The third-order valence-electron chi connectivity index (χ3n) is 4.52. The van der Waals surface area contributed by atoms with Crippen LogP contribution in [0.1, 0.15) is 37.7 Å². The van der Waals surface area contributed by atoms with Crippen LogP contribution in [0.3, 0.4) is 0 Å². The van der Waals surface area contributed by atoms with Crippen molar-refractivity contribution in [1.82, 2.24) is 14.8 Å². The lowest BCUT2D eigenvalue weighted by molar-refractivity contribution is -0.115. The molecule has 1 unspecified atom stereocenters. The maximum atomic E-state index is 12.2. The van der Waals surface area contributed by atoms with Crippen LogP contribution in [0.2, 0.25) is 0 Å². The largest absolute Gasteiger partial charge is 0.493 e. The number of primary amides is 1. The summed E-state index contributed by atoms with van der Waals surface area (Å²) in [6.45, 7) is 4.24. The summed E-state index contributed by atoms with van der Waals surface area (Å²) in [4.78, 5) is 16.7. The van der Waals surface area contributed by atoms with Gasteiger partial charge in [0.2, 0.25) is 11.9 Å². The molecule has 1 aliphatic heterocycles. The number of amides is 1. The summed E-state index contributed by atoms with van der Waals surface area (Å²) in [5, 5.41) is 16.7. The minimum Gasteiger partial charge on any atom is -0.493 e. The Morgan fingerprint density at radius 2 is 2.18 bits per heavy atom. The number of rotatable bonds is 8. The number of carbonyl (C=O) groups excluding carboxylic acids is 1. The number of allylic oxidation sites excluding steroid dienone is 1. The van der Waals surface area contributed by atoms with Gasteiger partial charge in [0.05, 0.1) is 19.3 Å². The molecule has 3 rings (SSSR count). The van der Waals surface area contributed by atoms with Crippen LogP contribution in [0.4, 0.5) is 5.95 Å². The number of carbonyl (C=O) groups is 1. The summed E-state index contributed by atoms with van der Waals surface area (Å²) in [5.41, 5.74) is 7.49. The van der Waals surface area contributed by atoms with E-state index in [0.717, 1.165) is 5.56 Å². The van der Waals surface area contributed by atoms with E-state index in [4.69, 9.17) is 20.3 Å². The Labute approximate surface area is 163 Å². The molecule has 0 fully saturated rings. The molecule has 0 spiro atoms. The summed E-state index contributed by atoms with van der Waals surface area (Å²) in [7, 11) is 1.56. The van der Waals surface area contributed by atoms with Gasteiger partial charge in [-0.05, 0) is 38.0 Å². The zero-order valence-corrected chi connectivity index (χ0v) is 16.2. The molecule has 0 aliphatic carbocycles. The van der Waals surface area contributed by atoms with Crippen molar-refractivity contribution in [3.8, 4) is 11.5 Å². The molecule has 1 aromatic heterocycles. The van der Waals surface area contributed by atoms with Gasteiger partial charge < -0.3 is 25.6 Å². The Morgan fingerprint density at radius 1 is 1.39 bits per heavy atom. The van der Waals surface area contributed by atoms with Gasteiger partial charge in [-0.3, -0.25) is 4.79 Å². The van der Waals surface area contributed by atoms with Crippen molar-refractivity contribution in [3.63, 3.8) is 0 Å². The second-order valence-electron chi connectivity index (χ2n) is 6.40. The first kappa shape index (κ1) is 19.7. The highest BCUT2D eigenvalue weighted by molar-refractivity contribution is 5.95. The topological polar surface area (TPSA) is 125 Å². The maximum absolute atomic E-state index is 12.2. The number of hydrogen-bond donors (Lipinski definition) is 3. The Morgan fingerprint density at radius 3 is 2.82 bits per heavy atom. The van der Waals surface area contributed by atoms with Crippen LogP contribution in [-0.4, -0.2) is 46.1 Å². The minimum atomic E-state index is -0.547. The van der Waals surface area contributed by atoms with Gasteiger partial charge in [-0.2, -0.15) is 10.1 Å². The van der Waals surface area contributed by atoms with Crippen molar-refractivity contribution >= 4 is 11.9 Å². The highest BCUT2D eigenvalue weighted by Gasteiger charge is 2.33. The van der Waals surface area contributed by atoms with E-state index >= 15 is 0 Å². The average Bonchev–Trinajstić information content (AvgIpc) is 3.07. The van der Waals surface area contributed by atoms with Gasteiger partial charge in [-0.25, -0.2) is 4.68 Å². The first-order chi connectivity index (χ1) is 13.5. The van der Waals surface area contributed by atoms with Gasteiger partial charge >= 0.3 is 0 Å². The van der Waals surface area contributed by atoms with Crippen LogP contribution in [0.25, 0.3) is 0 Å². The average molecular weight is 387 g/mol. The summed E-state index contributed by atoms with van der Waals surface area (Å²) < 4.78 is 12.7.